The molecule has 1 rings (SSSR count). The van der Waals surface area contributed by atoms with Crippen LogP contribution in [0.3, 0.4) is 0 Å². The predicted octanol–water partition coefficient (Wildman–Crippen LogP) is -0.173. The van der Waals surface area contributed by atoms with Gasteiger partial charge in [0.1, 0.15) is 5.56 Å². The highest BCUT2D eigenvalue weighted by Gasteiger charge is 2.16. The SMILES string of the molecule is CN(C)C(=O)c1cnn(C)c1O. The third-order valence-corrected chi connectivity index (χ3v) is 1.54. The molecular formula is C7H11N3O2. The normalized spacial score (nSPS) is 9.92. The quantitative estimate of drug-likeness (QED) is 0.634. The highest BCUT2D eigenvalue weighted by atomic mass is 16.3. The number of amides is 1. The Balaban J connectivity index is 3.04. The maximum Gasteiger partial charge on any atom is 0.260 e. The standard InChI is InChI=1S/C7H11N3O2/c1-9(2)6(11)5-4-8-10(3)7(5)12/h4,12H,1-3H3. The zero-order valence-corrected chi connectivity index (χ0v) is 7.27. The molecule has 12 heavy (non-hydrogen) atoms. The minimum Gasteiger partial charge on any atom is -0.493 e. The number of carbonyl (C=O) groups is 1. The highest BCUT2D eigenvalue weighted by Crippen LogP contribution is 2.15. The molecule has 1 aromatic heterocycles. The zero-order chi connectivity index (χ0) is 9.30. The van der Waals surface area contributed by atoms with Gasteiger partial charge in [-0.3, -0.25) is 4.79 Å². The van der Waals surface area contributed by atoms with Crippen LogP contribution in [0.2, 0.25) is 0 Å². The number of aromatic hydroxyl groups is 1. The molecule has 1 N–H and O–H groups in total. The van der Waals surface area contributed by atoms with Crippen LogP contribution in [0.25, 0.3) is 0 Å². The van der Waals surface area contributed by atoms with Crippen LogP contribution in [-0.2, 0) is 7.05 Å². The smallest absolute Gasteiger partial charge is 0.260 e. The molecule has 5 heteroatoms. The lowest BCUT2D eigenvalue weighted by Gasteiger charge is -2.07. The molecule has 0 atom stereocenters. The Hall–Kier alpha value is -1.52. The van der Waals surface area contributed by atoms with E-state index in [1.807, 2.05) is 0 Å². The van der Waals surface area contributed by atoms with Crippen molar-refractivity contribution in [3.63, 3.8) is 0 Å². The lowest BCUT2D eigenvalue weighted by molar-refractivity contribution is 0.0824. The van der Waals surface area contributed by atoms with Crippen molar-refractivity contribution in [2.75, 3.05) is 14.1 Å². The number of hydrogen-bond acceptors (Lipinski definition) is 3. The molecule has 0 fully saturated rings. The Kier molecular flexibility index (Phi) is 2.03. The molecule has 5 nitrogen and oxygen atoms in total. The van der Waals surface area contributed by atoms with Crippen LogP contribution in [0, 0.1) is 0 Å². The number of nitrogens with zero attached hydrogens (tertiary/aromatic N) is 3. The fourth-order valence-electron chi connectivity index (χ4n) is 0.823. The monoisotopic (exact) mass is 169 g/mol. The maximum atomic E-state index is 11.3. The van der Waals surface area contributed by atoms with Gasteiger partial charge in [0.15, 0.2) is 0 Å². The first-order chi connectivity index (χ1) is 5.54. The third-order valence-electron chi connectivity index (χ3n) is 1.54. The zero-order valence-electron chi connectivity index (χ0n) is 7.27. The van der Waals surface area contributed by atoms with Crippen LogP contribution < -0.4 is 0 Å². The minimum absolute atomic E-state index is 0.103. The average molecular weight is 169 g/mol. The van der Waals surface area contributed by atoms with Gasteiger partial charge >= 0.3 is 0 Å². The molecule has 0 radical (unpaired) electrons. The van der Waals surface area contributed by atoms with Gasteiger partial charge in [-0.1, -0.05) is 0 Å². The summed E-state index contributed by atoms with van der Waals surface area (Å²) in [5, 5.41) is 13.0. The molecule has 0 unspecified atom stereocenters. The van der Waals surface area contributed by atoms with Crippen molar-refractivity contribution in [3.05, 3.63) is 11.8 Å². The second kappa shape index (κ2) is 2.84. The Labute approximate surface area is 70.2 Å². The Morgan fingerprint density at radius 1 is 1.67 bits per heavy atom. The Bertz CT molecular complexity index is 304. The maximum absolute atomic E-state index is 11.3. The Morgan fingerprint density at radius 3 is 2.58 bits per heavy atom. The first-order valence-corrected chi connectivity index (χ1v) is 3.46. The second-order valence-corrected chi connectivity index (χ2v) is 2.71. The van der Waals surface area contributed by atoms with Crippen LogP contribution in [0.15, 0.2) is 6.20 Å². The molecule has 66 valence electrons. The molecule has 0 bridgehead atoms. The van der Waals surface area contributed by atoms with E-state index in [4.69, 9.17) is 0 Å². The summed E-state index contributed by atoms with van der Waals surface area (Å²) in [6.07, 6.45) is 1.34. The number of aromatic nitrogens is 2. The first kappa shape index (κ1) is 8.58. The molecule has 0 spiro atoms. The lowest BCUT2D eigenvalue weighted by atomic mass is 10.3. The van der Waals surface area contributed by atoms with E-state index in [2.05, 4.69) is 5.10 Å². The fourth-order valence-corrected chi connectivity index (χ4v) is 0.823. The molecule has 0 saturated heterocycles. The first-order valence-electron chi connectivity index (χ1n) is 3.46. The van der Waals surface area contributed by atoms with E-state index in [0.717, 1.165) is 0 Å². The van der Waals surface area contributed by atoms with Gasteiger partial charge in [0.05, 0.1) is 6.20 Å². The van der Waals surface area contributed by atoms with Gasteiger partial charge in [0, 0.05) is 21.1 Å². The van der Waals surface area contributed by atoms with E-state index in [0.29, 0.717) is 0 Å². The van der Waals surface area contributed by atoms with E-state index in [-0.39, 0.29) is 17.4 Å². The van der Waals surface area contributed by atoms with Crippen LogP contribution in [0.5, 0.6) is 5.88 Å². The van der Waals surface area contributed by atoms with Crippen LogP contribution in [0.4, 0.5) is 0 Å². The molecule has 0 aromatic carbocycles. The summed E-state index contributed by atoms with van der Waals surface area (Å²) in [4.78, 5) is 12.7. The summed E-state index contributed by atoms with van der Waals surface area (Å²) in [7, 11) is 4.81. The van der Waals surface area contributed by atoms with Crippen molar-refractivity contribution >= 4 is 5.91 Å². The summed E-state index contributed by atoms with van der Waals surface area (Å²) >= 11 is 0. The van der Waals surface area contributed by atoms with Crippen molar-refractivity contribution in [1.29, 1.82) is 0 Å². The van der Waals surface area contributed by atoms with Crippen LogP contribution in [-0.4, -0.2) is 39.8 Å². The van der Waals surface area contributed by atoms with Crippen molar-refractivity contribution in [2.45, 2.75) is 0 Å². The highest BCUT2D eigenvalue weighted by molar-refractivity contribution is 5.95. The average Bonchev–Trinajstić information content (AvgIpc) is 2.32. The van der Waals surface area contributed by atoms with Gasteiger partial charge in [0.25, 0.3) is 5.91 Å². The largest absolute Gasteiger partial charge is 0.493 e. The van der Waals surface area contributed by atoms with Gasteiger partial charge in [0.2, 0.25) is 5.88 Å². The van der Waals surface area contributed by atoms with Crippen molar-refractivity contribution < 1.29 is 9.90 Å². The molecule has 0 aliphatic heterocycles. The summed E-state index contributed by atoms with van der Waals surface area (Å²) in [6, 6.07) is 0. The summed E-state index contributed by atoms with van der Waals surface area (Å²) in [5.74, 6) is -0.352. The van der Waals surface area contributed by atoms with Crippen LogP contribution >= 0.6 is 0 Å². The number of rotatable bonds is 1. The van der Waals surface area contributed by atoms with E-state index in [1.54, 1.807) is 21.1 Å². The molecule has 1 amide bonds. The van der Waals surface area contributed by atoms with E-state index in [9.17, 15) is 9.90 Å². The molecule has 0 aliphatic carbocycles. The van der Waals surface area contributed by atoms with Crippen molar-refractivity contribution in [1.82, 2.24) is 14.7 Å². The predicted molar refractivity (Wildman–Crippen MR) is 42.9 cm³/mol. The van der Waals surface area contributed by atoms with E-state index < -0.39 is 0 Å². The van der Waals surface area contributed by atoms with Crippen molar-refractivity contribution in [3.8, 4) is 5.88 Å². The van der Waals surface area contributed by atoms with Gasteiger partial charge in [-0.15, -0.1) is 0 Å². The van der Waals surface area contributed by atoms with Gasteiger partial charge in [-0.2, -0.15) is 5.10 Å². The molecule has 1 aromatic rings. The topological polar surface area (TPSA) is 58.4 Å². The van der Waals surface area contributed by atoms with Crippen molar-refractivity contribution in [2.24, 2.45) is 7.05 Å². The summed E-state index contributed by atoms with van der Waals surface area (Å²) in [6.45, 7) is 0. The fraction of sp³-hybridized carbons (Fsp3) is 0.429. The molecule has 0 aliphatic rings. The third kappa shape index (κ3) is 1.25. The van der Waals surface area contributed by atoms with Crippen LogP contribution in [0.1, 0.15) is 10.4 Å². The van der Waals surface area contributed by atoms with E-state index >= 15 is 0 Å². The summed E-state index contributed by atoms with van der Waals surface area (Å²) in [5.41, 5.74) is 0.225. The molecule has 0 saturated carbocycles. The van der Waals surface area contributed by atoms with E-state index in [1.165, 1.54) is 15.8 Å². The van der Waals surface area contributed by atoms with Gasteiger partial charge in [-0.05, 0) is 0 Å². The van der Waals surface area contributed by atoms with Gasteiger partial charge in [-0.25, -0.2) is 4.68 Å². The Morgan fingerprint density at radius 2 is 2.25 bits per heavy atom. The number of aryl methyl sites for hydroxylation is 1. The van der Waals surface area contributed by atoms with Gasteiger partial charge < -0.3 is 10.0 Å². The number of hydrogen-bond donors (Lipinski definition) is 1. The number of carbonyl (C=O) groups excluding carboxylic acids is 1. The lowest BCUT2D eigenvalue weighted by Crippen LogP contribution is -2.21. The molecule has 1 heterocycles. The second-order valence-electron chi connectivity index (χ2n) is 2.71. The summed E-state index contributed by atoms with van der Waals surface area (Å²) < 4.78 is 1.25. The molecular weight excluding hydrogens is 158 g/mol. The minimum atomic E-state index is -0.249.